The summed E-state index contributed by atoms with van der Waals surface area (Å²) in [7, 11) is 0. The highest BCUT2D eigenvalue weighted by Gasteiger charge is 2.23. The number of hydrogen-bond donors (Lipinski definition) is 2. The van der Waals surface area contributed by atoms with Crippen LogP contribution in [0.5, 0.6) is 0 Å². The van der Waals surface area contributed by atoms with E-state index in [1.165, 1.54) is 11.3 Å². The fraction of sp³-hybridized carbons (Fsp3) is 0.273. The molecule has 0 bridgehead atoms. The third-order valence-corrected chi connectivity index (χ3v) is 5.40. The van der Waals surface area contributed by atoms with Gasteiger partial charge in [0.1, 0.15) is 11.0 Å². The molecule has 2 N–H and O–H groups in total. The van der Waals surface area contributed by atoms with Gasteiger partial charge in [-0.2, -0.15) is 0 Å². The zero-order chi connectivity index (χ0) is 21.5. The molecule has 30 heavy (non-hydrogen) atoms. The summed E-state index contributed by atoms with van der Waals surface area (Å²) in [6.07, 6.45) is 1.15. The average Bonchev–Trinajstić information content (AvgIpc) is 3.14. The van der Waals surface area contributed by atoms with Gasteiger partial charge in [0.2, 0.25) is 11.0 Å². The number of anilines is 1. The maximum absolute atomic E-state index is 13.0. The molecule has 0 aliphatic carbocycles. The van der Waals surface area contributed by atoms with E-state index in [-0.39, 0.29) is 11.8 Å². The molecule has 1 atom stereocenters. The Morgan fingerprint density at radius 2 is 1.70 bits per heavy atom. The minimum Gasteiger partial charge on any atom is -0.340 e. The molecular formula is C22H23ClN4O2S. The Morgan fingerprint density at radius 1 is 1.00 bits per heavy atom. The van der Waals surface area contributed by atoms with Crippen molar-refractivity contribution in [2.24, 2.45) is 5.92 Å². The monoisotopic (exact) mass is 442 g/mol. The van der Waals surface area contributed by atoms with Gasteiger partial charge in [0.05, 0.1) is 0 Å². The summed E-state index contributed by atoms with van der Waals surface area (Å²) in [6, 6.07) is 15.3. The maximum atomic E-state index is 13.0. The van der Waals surface area contributed by atoms with Crippen molar-refractivity contribution >= 4 is 39.9 Å². The molecule has 1 unspecified atom stereocenters. The Hall–Kier alpha value is -2.77. The second-order valence-corrected chi connectivity index (χ2v) is 8.81. The highest BCUT2D eigenvalue weighted by atomic mass is 35.5. The first-order chi connectivity index (χ1) is 14.4. The van der Waals surface area contributed by atoms with E-state index < -0.39 is 6.04 Å². The van der Waals surface area contributed by atoms with Gasteiger partial charge in [-0.1, -0.05) is 67.1 Å². The van der Waals surface area contributed by atoms with E-state index in [0.29, 0.717) is 28.1 Å². The van der Waals surface area contributed by atoms with Gasteiger partial charge in [0.25, 0.3) is 5.91 Å². The molecular weight excluding hydrogens is 420 g/mol. The van der Waals surface area contributed by atoms with Crippen molar-refractivity contribution in [2.75, 3.05) is 5.32 Å². The smallest absolute Gasteiger partial charge is 0.251 e. The van der Waals surface area contributed by atoms with Crippen LogP contribution in [0.25, 0.3) is 0 Å². The molecule has 2 amide bonds. The molecule has 0 fully saturated rings. The lowest BCUT2D eigenvalue weighted by Gasteiger charge is -2.18. The van der Waals surface area contributed by atoms with Crippen LogP contribution in [0.3, 0.4) is 0 Å². The van der Waals surface area contributed by atoms with Crippen LogP contribution in [0.2, 0.25) is 5.02 Å². The molecule has 8 heteroatoms. The summed E-state index contributed by atoms with van der Waals surface area (Å²) in [5.41, 5.74) is 1.37. The fourth-order valence-electron chi connectivity index (χ4n) is 2.83. The number of halogens is 1. The Bertz CT molecular complexity index is 990. The number of carbonyl (C=O) groups excluding carboxylic acids is 2. The number of nitrogens with one attached hydrogen (secondary N) is 2. The quantitative estimate of drug-likeness (QED) is 0.542. The van der Waals surface area contributed by atoms with Crippen LogP contribution in [-0.4, -0.2) is 28.1 Å². The highest BCUT2D eigenvalue weighted by molar-refractivity contribution is 7.15. The Labute approximate surface area is 184 Å². The molecule has 3 aromatic rings. The van der Waals surface area contributed by atoms with Gasteiger partial charge in [0.15, 0.2) is 0 Å². The molecule has 3 rings (SSSR count). The van der Waals surface area contributed by atoms with Crippen molar-refractivity contribution in [2.45, 2.75) is 32.7 Å². The largest absolute Gasteiger partial charge is 0.340 e. The third-order valence-electron chi connectivity index (χ3n) is 4.29. The van der Waals surface area contributed by atoms with Crippen LogP contribution < -0.4 is 10.6 Å². The summed E-state index contributed by atoms with van der Waals surface area (Å²) < 4.78 is 0. The summed E-state index contributed by atoms with van der Waals surface area (Å²) >= 11 is 7.24. The van der Waals surface area contributed by atoms with Gasteiger partial charge in [-0.15, -0.1) is 10.2 Å². The standard InChI is InChI=1S/C22H23ClN4O2S/c1-14(2)12-19-26-27-22(30-19)25-21(29)18(13-15-6-4-3-5-7-15)24-20(28)16-8-10-17(23)11-9-16/h3-11,14,18H,12-13H2,1-2H3,(H,24,28)(H,25,27,29). The van der Waals surface area contributed by atoms with E-state index in [9.17, 15) is 9.59 Å². The lowest BCUT2D eigenvalue weighted by molar-refractivity contribution is -0.118. The van der Waals surface area contributed by atoms with Crippen LogP contribution in [-0.2, 0) is 17.6 Å². The van der Waals surface area contributed by atoms with Crippen LogP contribution in [0, 0.1) is 5.92 Å². The van der Waals surface area contributed by atoms with Crippen molar-refractivity contribution in [1.82, 2.24) is 15.5 Å². The van der Waals surface area contributed by atoms with Crippen molar-refractivity contribution in [3.05, 3.63) is 75.8 Å². The van der Waals surface area contributed by atoms with E-state index in [2.05, 4.69) is 34.7 Å². The zero-order valence-electron chi connectivity index (χ0n) is 16.8. The minimum absolute atomic E-state index is 0.339. The molecule has 0 saturated heterocycles. The first-order valence-electron chi connectivity index (χ1n) is 9.64. The van der Waals surface area contributed by atoms with Gasteiger partial charge in [0, 0.05) is 23.4 Å². The van der Waals surface area contributed by atoms with Gasteiger partial charge in [-0.05, 0) is 35.7 Å². The number of benzene rings is 2. The third kappa shape index (κ3) is 6.37. The number of nitrogens with zero attached hydrogens (tertiary/aromatic N) is 2. The normalized spacial score (nSPS) is 11.9. The zero-order valence-corrected chi connectivity index (χ0v) is 18.3. The maximum Gasteiger partial charge on any atom is 0.251 e. The van der Waals surface area contributed by atoms with Crippen LogP contribution in [0.15, 0.2) is 54.6 Å². The second-order valence-electron chi connectivity index (χ2n) is 7.31. The summed E-state index contributed by atoms with van der Waals surface area (Å²) in [6.45, 7) is 4.20. The summed E-state index contributed by atoms with van der Waals surface area (Å²) in [5, 5.41) is 15.6. The average molecular weight is 443 g/mol. The first-order valence-corrected chi connectivity index (χ1v) is 10.8. The molecule has 2 aromatic carbocycles. The first kappa shape index (κ1) is 21.9. The van der Waals surface area contributed by atoms with Gasteiger partial charge >= 0.3 is 0 Å². The number of amides is 2. The lowest BCUT2D eigenvalue weighted by atomic mass is 10.0. The van der Waals surface area contributed by atoms with E-state index in [1.807, 2.05) is 30.3 Å². The number of rotatable bonds is 8. The van der Waals surface area contributed by atoms with Gasteiger partial charge in [-0.25, -0.2) is 0 Å². The van der Waals surface area contributed by atoms with E-state index in [1.54, 1.807) is 24.3 Å². The number of hydrogen-bond acceptors (Lipinski definition) is 5. The molecule has 0 spiro atoms. The predicted molar refractivity (Wildman–Crippen MR) is 120 cm³/mol. The summed E-state index contributed by atoms with van der Waals surface area (Å²) in [5.74, 6) is -0.236. The molecule has 0 aliphatic heterocycles. The Kier molecular flexibility index (Phi) is 7.54. The predicted octanol–water partition coefficient (Wildman–Crippen LogP) is 4.37. The van der Waals surface area contributed by atoms with Crippen molar-refractivity contribution in [1.29, 1.82) is 0 Å². The van der Waals surface area contributed by atoms with Crippen LogP contribution in [0.1, 0.15) is 34.8 Å². The lowest BCUT2D eigenvalue weighted by Crippen LogP contribution is -2.45. The Morgan fingerprint density at radius 3 is 2.37 bits per heavy atom. The molecule has 0 radical (unpaired) electrons. The van der Waals surface area contributed by atoms with Crippen molar-refractivity contribution < 1.29 is 9.59 Å². The van der Waals surface area contributed by atoms with E-state index in [4.69, 9.17) is 11.6 Å². The highest BCUT2D eigenvalue weighted by Crippen LogP contribution is 2.19. The van der Waals surface area contributed by atoms with Gasteiger partial charge < -0.3 is 5.32 Å². The number of aromatic nitrogens is 2. The Balaban J connectivity index is 1.74. The molecule has 1 aromatic heterocycles. The summed E-state index contributed by atoms with van der Waals surface area (Å²) in [4.78, 5) is 25.6. The minimum atomic E-state index is -0.770. The fourth-order valence-corrected chi connectivity index (χ4v) is 3.91. The molecule has 1 heterocycles. The number of carbonyl (C=O) groups is 2. The van der Waals surface area contributed by atoms with Crippen molar-refractivity contribution in [3.8, 4) is 0 Å². The van der Waals surface area contributed by atoms with Crippen LogP contribution in [0.4, 0.5) is 5.13 Å². The topological polar surface area (TPSA) is 84.0 Å². The molecule has 6 nitrogen and oxygen atoms in total. The van der Waals surface area contributed by atoms with Gasteiger partial charge in [-0.3, -0.25) is 14.9 Å². The molecule has 0 saturated carbocycles. The SMILES string of the molecule is CC(C)Cc1nnc(NC(=O)C(Cc2ccccc2)NC(=O)c2ccc(Cl)cc2)s1. The van der Waals surface area contributed by atoms with Crippen LogP contribution >= 0.6 is 22.9 Å². The molecule has 156 valence electrons. The van der Waals surface area contributed by atoms with E-state index in [0.717, 1.165) is 17.0 Å². The van der Waals surface area contributed by atoms with Crippen molar-refractivity contribution in [3.63, 3.8) is 0 Å². The molecule has 0 aliphatic rings. The second kappa shape index (κ2) is 10.3. The van der Waals surface area contributed by atoms with E-state index >= 15 is 0 Å².